The quantitative estimate of drug-likeness (QED) is 0.0528. The predicted octanol–water partition coefficient (Wildman–Crippen LogP) is 5.30. The van der Waals surface area contributed by atoms with Crippen LogP contribution in [0.2, 0.25) is 0 Å². The van der Waals surface area contributed by atoms with Gasteiger partial charge in [0.05, 0.1) is 50.3 Å². The predicted molar refractivity (Wildman–Crippen MR) is 272 cm³/mol. The van der Waals surface area contributed by atoms with Gasteiger partial charge in [-0.1, -0.05) is 6.07 Å². The molecule has 0 spiro atoms. The molecule has 4 aliphatic heterocycles. The van der Waals surface area contributed by atoms with Gasteiger partial charge in [0.25, 0.3) is 5.91 Å². The number of rotatable bonds is 19. The number of carbonyl (C=O) groups excluding carboxylic acids is 5. The van der Waals surface area contributed by atoms with Crippen LogP contribution >= 0.6 is 0 Å². The molecule has 5 amide bonds. The summed E-state index contributed by atoms with van der Waals surface area (Å²) < 4.78 is 44.8. The molecular weight excluding hydrogens is 943 g/mol. The SMILES string of the molecule is O=C1CCC(Nc2ccc(N3CCN(C(=O)CCOCCOCCC(=O)N4CCN(c5ccc(C(=O)Nc6n[nH]c7ccc(Cc8cc(F)cc(F)c8)cc67)c(NC6CCOCC6)c5)CC4)CC3)cc2)C(=O)N1. The molecule has 0 bridgehead atoms. The first-order chi connectivity index (χ1) is 35.5. The average molecular weight is 1010 g/mol. The molecule has 18 nitrogen and oxygen atoms in total. The Balaban J connectivity index is 0.676. The highest BCUT2D eigenvalue weighted by Crippen LogP contribution is 2.30. The first-order valence-electron chi connectivity index (χ1n) is 25.1. The molecule has 5 N–H and O–H groups in total. The second-order valence-electron chi connectivity index (χ2n) is 18.8. The molecule has 4 aromatic carbocycles. The number of nitrogens with one attached hydrogen (secondary N) is 5. The van der Waals surface area contributed by atoms with Gasteiger partial charge < -0.3 is 49.8 Å². The lowest BCUT2D eigenvalue weighted by atomic mass is 10.0. The number of piperazine rings is 2. The van der Waals surface area contributed by atoms with Crippen LogP contribution in [0.5, 0.6) is 0 Å². The maximum absolute atomic E-state index is 14.0. The summed E-state index contributed by atoms with van der Waals surface area (Å²) in [5.41, 5.74) is 5.89. The molecule has 4 aliphatic rings. The Bertz CT molecular complexity index is 2730. The molecule has 4 saturated heterocycles. The lowest BCUT2D eigenvalue weighted by molar-refractivity contribution is -0.134. The van der Waals surface area contributed by atoms with Crippen molar-refractivity contribution in [3.8, 4) is 0 Å². The third kappa shape index (κ3) is 13.5. The van der Waals surface area contributed by atoms with Gasteiger partial charge in [0.1, 0.15) is 17.7 Å². The van der Waals surface area contributed by atoms with Crippen LogP contribution < -0.4 is 31.1 Å². The zero-order chi connectivity index (χ0) is 50.7. The molecule has 0 saturated carbocycles. The van der Waals surface area contributed by atoms with E-state index in [2.05, 4.69) is 41.3 Å². The van der Waals surface area contributed by atoms with Gasteiger partial charge in [0, 0.05) is 112 Å². The molecule has 73 heavy (non-hydrogen) atoms. The summed E-state index contributed by atoms with van der Waals surface area (Å²) in [6.45, 7) is 7.34. The van der Waals surface area contributed by atoms with Crippen LogP contribution in [0.15, 0.2) is 78.9 Å². The number of imide groups is 1. The summed E-state index contributed by atoms with van der Waals surface area (Å²) >= 11 is 0. The molecule has 9 rings (SSSR count). The Morgan fingerprint density at radius 3 is 1.96 bits per heavy atom. The normalized spacial score (nSPS) is 17.7. The molecular formula is C53H62F2N10O8. The van der Waals surface area contributed by atoms with Gasteiger partial charge in [-0.2, -0.15) is 5.10 Å². The highest BCUT2D eigenvalue weighted by molar-refractivity contribution is 6.11. The first-order valence-corrected chi connectivity index (χ1v) is 25.1. The molecule has 5 aromatic rings. The number of hydrogen-bond acceptors (Lipinski definition) is 13. The monoisotopic (exact) mass is 1000 g/mol. The molecule has 1 atom stereocenters. The zero-order valence-corrected chi connectivity index (χ0v) is 40.8. The van der Waals surface area contributed by atoms with Crippen LogP contribution in [0, 0.1) is 11.6 Å². The molecule has 4 fully saturated rings. The summed E-state index contributed by atoms with van der Waals surface area (Å²) in [6.07, 6.45) is 3.18. The Morgan fingerprint density at radius 1 is 0.685 bits per heavy atom. The molecule has 1 unspecified atom stereocenters. The molecule has 386 valence electrons. The Hall–Kier alpha value is -7.16. The third-order valence-corrected chi connectivity index (χ3v) is 13.8. The van der Waals surface area contributed by atoms with Gasteiger partial charge in [-0.05, 0) is 104 Å². The minimum Gasteiger partial charge on any atom is -0.381 e. The largest absolute Gasteiger partial charge is 0.381 e. The number of aromatic amines is 1. The van der Waals surface area contributed by atoms with E-state index in [0.717, 1.165) is 41.5 Å². The van der Waals surface area contributed by atoms with Gasteiger partial charge in [0.2, 0.25) is 23.6 Å². The van der Waals surface area contributed by atoms with Crippen LogP contribution in [0.25, 0.3) is 10.9 Å². The number of carbonyl (C=O) groups is 5. The van der Waals surface area contributed by atoms with Crippen molar-refractivity contribution in [2.45, 2.75) is 57.0 Å². The van der Waals surface area contributed by atoms with E-state index in [4.69, 9.17) is 14.2 Å². The van der Waals surface area contributed by atoms with Gasteiger partial charge in [0.15, 0.2) is 5.82 Å². The number of fused-ring (bicyclic) bond motifs is 1. The van der Waals surface area contributed by atoms with E-state index < -0.39 is 17.7 Å². The van der Waals surface area contributed by atoms with Crippen molar-refractivity contribution in [3.63, 3.8) is 0 Å². The van der Waals surface area contributed by atoms with Gasteiger partial charge in [-0.3, -0.25) is 34.4 Å². The Kier molecular flexibility index (Phi) is 16.7. The number of piperidine rings is 1. The summed E-state index contributed by atoms with van der Waals surface area (Å²) in [5, 5.41) is 20.2. The van der Waals surface area contributed by atoms with Crippen molar-refractivity contribution < 1.29 is 47.0 Å². The lowest BCUT2D eigenvalue weighted by Crippen LogP contribution is -2.49. The summed E-state index contributed by atoms with van der Waals surface area (Å²) in [7, 11) is 0. The molecule has 1 aromatic heterocycles. The summed E-state index contributed by atoms with van der Waals surface area (Å²) in [5.74, 6) is -1.79. The fraction of sp³-hybridized carbons (Fsp3) is 0.434. The number of aromatic nitrogens is 2. The van der Waals surface area contributed by atoms with E-state index in [-0.39, 0.29) is 61.6 Å². The van der Waals surface area contributed by atoms with E-state index in [1.807, 2.05) is 64.4 Å². The fourth-order valence-corrected chi connectivity index (χ4v) is 9.68. The van der Waals surface area contributed by atoms with E-state index in [1.165, 1.54) is 12.1 Å². The van der Waals surface area contributed by atoms with Crippen molar-refractivity contribution in [1.29, 1.82) is 0 Å². The minimum atomic E-state index is -0.642. The number of halogens is 2. The fourth-order valence-electron chi connectivity index (χ4n) is 9.68. The Morgan fingerprint density at radius 2 is 1.32 bits per heavy atom. The standard InChI is InChI=1S/C53H62F2N10O8/c54-37-30-36(31-38(55)33-37)29-35-1-8-45-44(32-35)51(61-60-45)59-52(69)43-7-6-42(34-47(43)57-40-11-23-71-24-12-40)63-17-21-65(22-18-63)50(68)14-26-73-28-27-72-25-13-49(67)64-19-15-62(16-20-64)41-4-2-39(3-5-41)56-46-9-10-48(66)58-53(46)70/h1-8,30-34,40,46,56-57H,9-29H2,(H,58,66,70)(H2,59,60,61,69). The van der Waals surface area contributed by atoms with Crippen LogP contribution in [0.1, 0.15) is 60.0 Å². The number of anilines is 5. The number of hydrogen-bond donors (Lipinski definition) is 5. The summed E-state index contributed by atoms with van der Waals surface area (Å²) in [6, 6.07) is 22.2. The second-order valence-corrected chi connectivity index (χ2v) is 18.8. The second kappa shape index (κ2) is 24.0. The van der Waals surface area contributed by atoms with E-state index in [9.17, 15) is 32.8 Å². The van der Waals surface area contributed by atoms with Gasteiger partial charge in [-0.25, -0.2) is 8.78 Å². The molecule has 5 heterocycles. The number of amides is 5. The Labute approximate surface area is 422 Å². The zero-order valence-electron chi connectivity index (χ0n) is 40.8. The van der Waals surface area contributed by atoms with Gasteiger partial charge in [-0.15, -0.1) is 0 Å². The van der Waals surface area contributed by atoms with Crippen LogP contribution in [-0.4, -0.2) is 154 Å². The minimum absolute atomic E-state index is 0.0137. The van der Waals surface area contributed by atoms with Gasteiger partial charge >= 0.3 is 0 Å². The highest BCUT2D eigenvalue weighted by Gasteiger charge is 2.28. The van der Waals surface area contributed by atoms with Crippen molar-refractivity contribution in [3.05, 3.63) is 107 Å². The van der Waals surface area contributed by atoms with Crippen LogP contribution in [-0.2, 0) is 39.8 Å². The third-order valence-electron chi connectivity index (χ3n) is 13.8. The van der Waals surface area contributed by atoms with E-state index >= 15 is 0 Å². The van der Waals surface area contributed by atoms with E-state index in [0.29, 0.717) is 132 Å². The van der Waals surface area contributed by atoms with Crippen LogP contribution in [0.4, 0.5) is 37.3 Å². The molecule has 0 radical (unpaired) electrons. The number of H-pyrrole nitrogens is 1. The summed E-state index contributed by atoms with van der Waals surface area (Å²) in [4.78, 5) is 71.7. The topological polar surface area (TPSA) is 203 Å². The highest BCUT2D eigenvalue weighted by atomic mass is 19.1. The van der Waals surface area contributed by atoms with Crippen molar-refractivity contribution in [1.82, 2.24) is 25.3 Å². The lowest BCUT2D eigenvalue weighted by Gasteiger charge is -2.36. The first kappa shape index (κ1) is 50.8. The number of nitrogens with zero attached hydrogens (tertiary/aromatic N) is 5. The number of benzene rings is 4. The van der Waals surface area contributed by atoms with Crippen molar-refractivity contribution >= 4 is 69.0 Å². The van der Waals surface area contributed by atoms with E-state index in [1.54, 1.807) is 6.07 Å². The van der Waals surface area contributed by atoms with Crippen LogP contribution in [0.3, 0.4) is 0 Å². The maximum Gasteiger partial charge on any atom is 0.258 e. The smallest absolute Gasteiger partial charge is 0.258 e. The van der Waals surface area contributed by atoms with Crippen molar-refractivity contribution in [2.24, 2.45) is 0 Å². The molecule has 20 heteroatoms. The average Bonchev–Trinajstić information content (AvgIpc) is 3.79. The maximum atomic E-state index is 14.0. The number of ether oxygens (including phenoxy) is 3. The van der Waals surface area contributed by atoms with Crippen molar-refractivity contribution in [2.75, 3.05) is 118 Å². The molecule has 0 aliphatic carbocycles.